The van der Waals surface area contributed by atoms with Crippen LogP contribution in [0.4, 0.5) is 4.39 Å². The van der Waals surface area contributed by atoms with Gasteiger partial charge in [0.25, 0.3) is 0 Å². The molecule has 1 fully saturated rings. The number of benzene rings is 1. The molecule has 35 heavy (non-hydrogen) atoms. The molecule has 1 aromatic carbocycles. The number of aliphatic carboxylic acids is 1. The van der Waals surface area contributed by atoms with Gasteiger partial charge in [-0.05, 0) is 86.9 Å². The van der Waals surface area contributed by atoms with Gasteiger partial charge in [0, 0.05) is 31.0 Å². The number of hydrogen-bond donors (Lipinski definition) is 1. The first-order chi connectivity index (χ1) is 17.0. The van der Waals surface area contributed by atoms with Crippen molar-refractivity contribution in [2.24, 2.45) is 11.8 Å². The smallest absolute Gasteiger partial charge is 0.303 e. The van der Waals surface area contributed by atoms with E-state index in [-0.39, 0.29) is 12.3 Å². The van der Waals surface area contributed by atoms with Crippen molar-refractivity contribution in [2.45, 2.75) is 51.1 Å². The SMILES string of the molecule is COc1ccc2nccc([C@H](F)CC[C@@H]3CCN(CCCc4ncco4)C[C@H]3CCC(=O)O)c2c1. The molecule has 1 N–H and O–H groups in total. The second-order valence-corrected chi connectivity index (χ2v) is 9.40. The van der Waals surface area contributed by atoms with Crippen molar-refractivity contribution in [3.05, 3.63) is 54.4 Å². The van der Waals surface area contributed by atoms with Crippen molar-refractivity contribution in [2.75, 3.05) is 26.7 Å². The van der Waals surface area contributed by atoms with Crippen LogP contribution in [0.25, 0.3) is 10.9 Å². The minimum atomic E-state index is -1.11. The third kappa shape index (κ3) is 6.78. The van der Waals surface area contributed by atoms with Gasteiger partial charge in [0.2, 0.25) is 0 Å². The molecule has 7 nitrogen and oxygen atoms in total. The molecule has 0 amide bonds. The first-order valence-electron chi connectivity index (χ1n) is 12.4. The molecule has 0 unspecified atom stereocenters. The number of halogens is 1. The van der Waals surface area contributed by atoms with E-state index in [2.05, 4.69) is 14.9 Å². The van der Waals surface area contributed by atoms with Crippen LogP contribution in [-0.2, 0) is 11.2 Å². The molecular weight excluding hydrogens is 449 g/mol. The van der Waals surface area contributed by atoms with Gasteiger partial charge in [-0.1, -0.05) is 0 Å². The number of carboxylic acid groups (broad SMARTS) is 1. The Hall–Kier alpha value is -3.00. The molecule has 0 aliphatic carbocycles. The summed E-state index contributed by atoms with van der Waals surface area (Å²) in [6.45, 7) is 2.73. The minimum absolute atomic E-state index is 0.152. The van der Waals surface area contributed by atoms with Crippen molar-refractivity contribution < 1.29 is 23.4 Å². The molecule has 0 bridgehead atoms. The van der Waals surface area contributed by atoms with E-state index in [1.165, 1.54) is 0 Å². The summed E-state index contributed by atoms with van der Waals surface area (Å²) in [5, 5.41) is 10.0. The Labute approximate surface area is 205 Å². The van der Waals surface area contributed by atoms with E-state index in [4.69, 9.17) is 9.15 Å². The summed E-state index contributed by atoms with van der Waals surface area (Å²) in [7, 11) is 1.60. The third-order valence-electron chi connectivity index (χ3n) is 7.16. The van der Waals surface area contributed by atoms with Crippen molar-refractivity contribution in [3.63, 3.8) is 0 Å². The number of hydrogen-bond acceptors (Lipinski definition) is 6. The van der Waals surface area contributed by atoms with Crippen LogP contribution in [0.2, 0.25) is 0 Å². The summed E-state index contributed by atoms with van der Waals surface area (Å²) in [5.74, 6) is 1.23. The van der Waals surface area contributed by atoms with Crippen molar-refractivity contribution in [1.82, 2.24) is 14.9 Å². The maximum absolute atomic E-state index is 15.5. The summed E-state index contributed by atoms with van der Waals surface area (Å²) in [6.07, 6.45) is 8.43. The third-order valence-corrected chi connectivity index (χ3v) is 7.16. The predicted octanol–water partition coefficient (Wildman–Crippen LogP) is 5.46. The summed E-state index contributed by atoms with van der Waals surface area (Å²) in [5.41, 5.74) is 1.39. The van der Waals surface area contributed by atoms with Crippen LogP contribution in [0.3, 0.4) is 0 Å². The number of rotatable bonds is 12. The lowest BCUT2D eigenvalue weighted by Gasteiger charge is -2.39. The van der Waals surface area contributed by atoms with E-state index in [0.717, 1.165) is 62.1 Å². The molecule has 4 rings (SSSR count). The zero-order valence-corrected chi connectivity index (χ0v) is 20.2. The highest BCUT2D eigenvalue weighted by molar-refractivity contribution is 5.83. The molecule has 2 aromatic heterocycles. The quantitative estimate of drug-likeness (QED) is 0.366. The summed E-state index contributed by atoms with van der Waals surface area (Å²) in [6, 6.07) is 7.28. The van der Waals surface area contributed by atoms with Crippen molar-refractivity contribution >= 4 is 16.9 Å². The highest BCUT2D eigenvalue weighted by Gasteiger charge is 2.30. The van der Waals surface area contributed by atoms with Gasteiger partial charge >= 0.3 is 5.97 Å². The van der Waals surface area contributed by atoms with Crippen LogP contribution in [0.5, 0.6) is 5.75 Å². The van der Waals surface area contributed by atoms with Gasteiger partial charge < -0.3 is 19.2 Å². The average molecular weight is 484 g/mol. The highest BCUT2D eigenvalue weighted by Crippen LogP contribution is 2.36. The molecule has 1 saturated heterocycles. The number of alkyl halides is 1. The van der Waals surface area contributed by atoms with Crippen LogP contribution in [0.15, 0.2) is 47.3 Å². The molecule has 1 aliphatic heterocycles. The lowest BCUT2D eigenvalue weighted by atomic mass is 9.79. The number of carbonyl (C=O) groups is 1. The molecule has 0 radical (unpaired) electrons. The maximum atomic E-state index is 15.5. The highest BCUT2D eigenvalue weighted by atomic mass is 19.1. The van der Waals surface area contributed by atoms with E-state index in [1.54, 1.807) is 31.8 Å². The predicted molar refractivity (Wildman–Crippen MR) is 131 cm³/mol. The zero-order valence-electron chi connectivity index (χ0n) is 20.2. The molecule has 3 heterocycles. The van der Waals surface area contributed by atoms with E-state index < -0.39 is 12.1 Å². The molecule has 0 spiro atoms. The molecular formula is C27H34FN3O4. The van der Waals surface area contributed by atoms with E-state index in [0.29, 0.717) is 30.1 Å². The number of aryl methyl sites for hydroxylation is 1. The Bertz CT molecular complexity index is 1090. The molecule has 1 aliphatic rings. The Morgan fingerprint density at radius 2 is 2.14 bits per heavy atom. The topological polar surface area (TPSA) is 88.7 Å². The molecule has 3 aromatic rings. The Balaban J connectivity index is 1.36. The van der Waals surface area contributed by atoms with E-state index >= 15 is 4.39 Å². The monoisotopic (exact) mass is 483 g/mol. The fraction of sp³-hybridized carbons (Fsp3) is 0.519. The Morgan fingerprint density at radius 3 is 2.91 bits per heavy atom. The average Bonchev–Trinajstić information content (AvgIpc) is 3.39. The minimum Gasteiger partial charge on any atom is -0.497 e. The Kier molecular flexibility index (Phi) is 8.69. The number of fused-ring (bicyclic) bond motifs is 1. The van der Waals surface area contributed by atoms with Gasteiger partial charge in [-0.25, -0.2) is 9.37 Å². The lowest BCUT2D eigenvalue weighted by molar-refractivity contribution is -0.137. The molecule has 3 atom stereocenters. The van der Waals surface area contributed by atoms with E-state index in [1.807, 2.05) is 18.2 Å². The number of oxazole rings is 1. The van der Waals surface area contributed by atoms with Gasteiger partial charge in [-0.3, -0.25) is 9.78 Å². The van der Waals surface area contributed by atoms with Crippen LogP contribution in [-0.4, -0.2) is 52.7 Å². The van der Waals surface area contributed by atoms with Gasteiger partial charge in [0.1, 0.15) is 18.2 Å². The van der Waals surface area contributed by atoms with Gasteiger partial charge in [-0.15, -0.1) is 0 Å². The zero-order chi connectivity index (χ0) is 24.6. The van der Waals surface area contributed by atoms with Crippen LogP contribution >= 0.6 is 0 Å². The number of piperidine rings is 1. The molecule has 0 saturated carbocycles. The number of aromatic nitrogens is 2. The van der Waals surface area contributed by atoms with Crippen molar-refractivity contribution in [1.29, 1.82) is 0 Å². The van der Waals surface area contributed by atoms with Gasteiger partial charge in [-0.2, -0.15) is 0 Å². The van der Waals surface area contributed by atoms with Crippen LogP contribution in [0, 0.1) is 11.8 Å². The van der Waals surface area contributed by atoms with Gasteiger partial charge in [0.15, 0.2) is 5.89 Å². The number of methoxy groups -OCH3 is 1. The summed E-state index contributed by atoms with van der Waals surface area (Å²) in [4.78, 5) is 22.2. The molecule has 8 heteroatoms. The maximum Gasteiger partial charge on any atom is 0.303 e. The number of pyridine rings is 1. The van der Waals surface area contributed by atoms with E-state index in [9.17, 15) is 9.90 Å². The summed E-state index contributed by atoms with van der Waals surface area (Å²) >= 11 is 0. The lowest BCUT2D eigenvalue weighted by Crippen LogP contribution is -2.41. The van der Waals surface area contributed by atoms with Crippen LogP contribution < -0.4 is 4.74 Å². The first-order valence-corrected chi connectivity index (χ1v) is 12.4. The first kappa shape index (κ1) is 25.1. The largest absolute Gasteiger partial charge is 0.497 e. The Morgan fingerprint density at radius 1 is 1.26 bits per heavy atom. The molecule has 188 valence electrons. The van der Waals surface area contributed by atoms with Crippen molar-refractivity contribution in [3.8, 4) is 5.75 Å². The van der Waals surface area contributed by atoms with Gasteiger partial charge in [0.05, 0.1) is 18.8 Å². The second kappa shape index (κ2) is 12.1. The number of ether oxygens (including phenoxy) is 1. The fourth-order valence-electron chi connectivity index (χ4n) is 5.27. The number of nitrogens with zero attached hydrogens (tertiary/aromatic N) is 3. The number of carboxylic acids is 1. The second-order valence-electron chi connectivity index (χ2n) is 9.40. The van der Waals surface area contributed by atoms with Crippen LogP contribution in [0.1, 0.15) is 56.2 Å². The fourth-order valence-corrected chi connectivity index (χ4v) is 5.27. The normalized spacial score (nSPS) is 19.6. The standard InChI is InChI=1S/C27H34FN3O4/c1-34-21-6-8-25-23(17-21)22(10-12-29-25)24(28)7-4-19-11-15-31(18-20(19)5-9-27(32)33)14-2-3-26-30-13-16-35-26/h6,8,10,12-13,16-17,19-20,24H,2-5,7,9,11,14-15,18H2,1H3,(H,32,33)/t19-,20-,24-/m1/s1. The number of likely N-dealkylation sites (tertiary alicyclic amines) is 1. The summed E-state index contributed by atoms with van der Waals surface area (Å²) < 4.78 is 26.1.